The Morgan fingerprint density at radius 2 is 1.95 bits per heavy atom. The Hall–Kier alpha value is -1.16. The fourth-order valence-electron chi connectivity index (χ4n) is 2.42. The van der Waals surface area contributed by atoms with Crippen LogP contribution in [0.25, 0.3) is 0 Å². The van der Waals surface area contributed by atoms with Gasteiger partial charge in [-0.1, -0.05) is 37.5 Å². The molecule has 0 bridgehead atoms. The fourth-order valence-corrected chi connectivity index (χ4v) is 3.03. The van der Waals surface area contributed by atoms with Gasteiger partial charge >= 0.3 is 0 Å². The van der Waals surface area contributed by atoms with Gasteiger partial charge in [0.05, 0.1) is 12.4 Å². The van der Waals surface area contributed by atoms with Gasteiger partial charge in [0.2, 0.25) is 5.91 Å². The zero-order chi connectivity index (χ0) is 14.0. The number of rotatable bonds is 7. The highest BCUT2D eigenvalue weighted by molar-refractivity contribution is 7.99. The molecule has 0 heterocycles. The van der Waals surface area contributed by atoms with E-state index in [-0.39, 0.29) is 5.91 Å². The van der Waals surface area contributed by atoms with Crippen LogP contribution < -0.4 is 10.1 Å². The number of carbonyl (C=O) groups is 1. The molecule has 1 aromatic rings. The largest absolute Gasteiger partial charge is 0.493 e. The average molecular weight is 293 g/mol. The highest BCUT2D eigenvalue weighted by atomic mass is 32.2. The summed E-state index contributed by atoms with van der Waals surface area (Å²) < 4.78 is 5.59. The van der Waals surface area contributed by atoms with Crippen LogP contribution in [0.15, 0.2) is 30.3 Å². The number of hydrogen-bond donors (Lipinski definition) is 1. The molecule has 0 spiro atoms. The van der Waals surface area contributed by atoms with Gasteiger partial charge in [0.1, 0.15) is 5.75 Å². The lowest BCUT2D eigenvalue weighted by molar-refractivity contribution is -0.119. The van der Waals surface area contributed by atoms with Gasteiger partial charge < -0.3 is 10.1 Å². The van der Waals surface area contributed by atoms with E-state index < -0.39 is 0 Å². The second-order valence-corrected chi connectivity index (χ2v) is 6.22. The van der Waals surface area contributed by atoms with Crippen molar-refractivity contribution in [3.63, 3.8) is 0 Å². The molecule has 1 amide bonds. The predicted octanol–water partition coefficient (Wildman–Crippen LogP) is 3.25. The summed E-state index contributed by atoms with van der Waals surface area (Å²) in [6, 6.07) is 10.2. The average Bonchev–Trinajstić information content (AvgIpc) is 2.49. The normalized spacial score (nSPS) is 15.8. The summed E-state index contributed by atoms with van der Waals surface area (Å²) in [7, 11) is 0. The minimum Gasteiger partial charge on any atom is -0.493 e. The molecular formula is C16H23NO2S. The number of nitrogens with one attached hydrogen (secondary N) is 1. The molecule has 1 aromatic carbocycles. The van der Waals surface area contributed by atoms with E-state index in [4.69, 9.17) is 4.74 Å². The zero-order valence-electron chi connectivity index (χ0n) is 11.8. The van der Waals surface area contributed by atoms with E-state index in [1.165, 1.54) is 19.3 Å². The van der Waals surface area contributed by atoms with E-state index in [1.54, 1.807) is 11.8 Å². The quantitative estimate of drug-likeness (QED) is 0.784. The molecule has 1 aliphatic rings. The van der Waals surface area contributed by atoms with Gasteiger partial charge in [0, 0.05) is 11.8 Å². The third kappa shape index (κ3) is 5.87. The maximum atomic E-state index is 11.8. The lowest BCUT2D eigenvalue weighted by atomic mass is 9.95. The van der Waals surface area contributed by atoms with Crippen LogP contribution in [0.4, 0.5) is 0 Å². The molecule has 0 aromatic heterocycles. The summed E-state index contributed by atoms with van der Waals surface area (Å²) in [5, 5.41) is 3.13. The first-order valence-corrected chi connectivity index (χ1v) is 8.55. The molecule has 20 heavy (non-hydrogen) atoms. The summed E-state index contributed by atoms with van der Waals surface area (Å²) in [4.78, 5) is 11.8. The van der Waals surface area contributed by atoms with Crippen molar-refractivity contribution in [1.29, 1.82) is 0 Å². The van der Waals surface area contributed by atoms with Crippen molar-refractivity contribution in [2.75, 3.05) is 18.1 Å². The van der Waals surface area contributed by atoms with E-state index in [9.17, 15) is 4.79 Å². The van der Waals surface area contributed by atoms with E-state index >= 15 is 0 Å². The molecular weight excluding hydrogens is 270 g/mol. The van der Waals surface area contributed by atoms with Gasteiger partial charge in [-0.3, -0.25) is 4.79 Å². The van der Waals surface area contributed by atoms with Crippen LogP contribution in [0.2, 0.25) is 0 Å². The second-order valence-electron chi connectivity index (χ2n) is 5.12. The van der Waals surface area contributed by atoms with Crippen molar-refractivity contribution in [2.45, 2.75) is 38.1 Å². The van der Waals surface area contributed by atoms with Crippen molar-refractivity contribution in [3.05, 3.63) is 30.3 Å². The van der Waals surface area contributed by atoms with E-state index in [0.29, 0.717) is 18.4 Å². The molecule has 1 saturated carbocycles. The maximum Gasteiger partial charge on any atom is 0.230 e. The number of para-hydroxylation sites is 1. The topological polar surface area (TPSA) is 38.3 Å². The first-order chi connectivity index (χ1) is 9.84. The molecule has 2 rings (SSSR count). The van der Waals surface area contributed by atoms with Crippen LogP contribution in [0, 0.1) is 0 Å². The summed E-state index contributed by atoms with van der Waals surface area (Å²) in [6.07, 6.45) is 6.12. The van der Waals surface area contributed by atoms with Gasteiger partial charge in [-0.2, -0.15) is 0 Å². The van der Waals surface area contributed by atoms with Gasteiger partial charge in [-0.15, -0.1) is 11.8 Å². The van der Waals surface area contributed by atoms with Crippen molar-refractivity contribution < 1.29 is 9.53 Å². The first-order valence-electron chi connectivity index (χ1n) is 7.39. The Labute approximate surface area is 125 Å². The van der Waals surface area contributed by atoms with Crippen LogP contribution >= 0.6 is 11.8 Å². The Balaban J connectivity index is 1.51. The number of hydrogen-bond acceptors (Lipinski definition) is 3. The molecule has 1 fully saturated rings. The van der Waals surface area contributed by atoms with Gasteiger partial charge in [0.25, 0.3) is 0 Å². The number of thioether (sulfide) groups is 1. The van der Waals surface area contributed by atoms with Crippen LogP contribution in [-0.2, 0) is 4.79 Å². The van der Waals surface area contributed by atoms with Crippen molar-refractivity contribution in [3.8, 4) is 5.75 Å². The molecule has 0 aliphatic heterocycles. The molecule has 4 heteroatoms. The molecule has 0 atom stereocenters. The highest BCUT2D eigenvalue weighted by Gasteiger charge is 2.15. The summed E-state index contributed by atoms with van der Waals surface area (Å²) in [5.41, 5.74) is 0. The van der Waals surface area contributed by atoms with Crippen LogP contribution in [0.1, 0.15) is 32.1 Å². The number of amides is 1. The third-order valence-electron chi connectivity index (χ3n) is 3.44. The molecule has 1 aliphatic carbocycles. The van der Waals surface area contributed by atoms with Crippen LogP contribution in [0.3, 0.4) is 0 Å². The maximum absolute atomic E-state index is 11.8. The molecule has 1 N–H and O–H groups in total. The first kappa shape index (κ1) is 15.2. The lowest BCUT2D eigenvalue weighted by Gasteiger charge is -2.22. The fraction of sp³-hybridized carbons (Fsp3) is 0.562. The summed E-state index contributed by atoms with van der Waals surface area (Å²) >= 11 is 1.63. The zero-order valence-corrected chi connectivity index (χ0v) is 12.7. The predicted molar refractivity (Wildman–Crippen MR) is 84.3 cm³/mol. The van der Waals surface area contributed by atoms with E-state index in [1.807, 2.05) is 30.3 Å². The van der Waals surface area contributed by atoms with E-state index in [0.717, 1.165) is 24.3 Å². The lowest BCUT2D eigenvalue weighted by Crippen LogP contribution is -2.37. The van der Waals surface area contributed by atoms with Crippen molar-refractivity contribution in [1.82, 2.24) is 5.32 Å². The third-order valence-corrected chi connectivity index (χ3v) is 4.36. The number of benzene rings is 1. The van der Waals surface area contributed by atoms with Crippen LogP contribution in [0.5, 0.6) is 5.75 Å². The Morgan fingerprint density at radius 1 is 1.20 bits per heavy atom. The van der Waals surface area contributed by atoms with Gasteiger partial charge in [-0.05, 0) is 25.0 Å². The van der Waals surface area contributed by atoms with Gasteiger partial charge in [0.15, 0.2) is 0 Å². The van der Waals surface area contributed by atoms with Gasteiger partial charge in [-0.25, -0.2) is 0 Å². The highest BCUT2D eigenvalue weighted by Crippen LogP contribution is 2.17. The number of ether oxygens (including phenoxy) is 1. The van der Waals surface area contributed by atoms with E-state index in [2.05, 4.69) is 5.32 Å². The summed E-state index contributed by atoms with van der Waals surface area (Å²) in [6.45, 7) is 0.644. The second kappa shape index (κ2) is 8.90. The monoisotopic (exact) mass is 293 g/mol. The van der Waals surface area contributed by atoms with Crippen molar-refractivity contribution >= 4 is 17.7 Å². The minimum absolute atomic E-state index is 0.168. The van der Waals surface area contributed by atoms with Crippen molar-refractivity contribution in [2.24, 2.45) is 0 Å². The Kier molecular flexibility index (Phi) is 6.78. The molecule has 0 saturated heterocycles. The standard InChI is InChI=1S/C16H23NO2S/c18-16(17-14-7-3-1-4-8-14)13-20-12-11-19-15-9-5-2-6-10-15/h2,5-6,9-10,14H,1,3-4,7-8,11-13H2,(H,17,18). The Bertz CT molecular complexity index is 391. The number of carbonyl (C=O) groups excluding carboxylic acids is 1. The molecule has 3 nitrogen and oxygen atoms in total. The Morgan fingerprint density at radius 3 is 2.70 bits per heavy atom. The smallest absolute Gasteiger partial charge is 0.230 e. The summed E-state index contributed by atoms with van der Waals surface area (Å²) in [5.74, 6) is 2.43. The molecule has 0 radical (unpaired) electrons. The SMILES string of the molecule is O=C(CSCCOc1ccccc1)NC1CCCCC1. The van der Waals surface area contributed by atoms with Crippen LogP contribution in [-0.4, -0.2) is 30.1 Å². The molecule has 0 unspecified atom stereocenters. The molecule has 110 valence electrons. The minimum atomic E-state index is 0.168.